The lowest BCUT2D eigenvalue weighted by Gasteiger charge is -2.27. The van der Waals surface area contributed by atoms with Gasteiger partial charge in [-0.3, -0.25) is 14.3 Å². The first-order chi connectivity index (χ1) is 12.2. The molecule has 0 bridgehead atoms. The first-order valence-corrected chi connectivity index (χ1v) is 9.13. The zero-order valence-electron chi connectivity index (χ0n) is 14.3. The number of hydrogen-bond acceptors (Lipinski definition) is 4. The van der Waals surface area contributed by atoms with Crippen molar-refractivity contribution < 1.29 is 0 Å². The van der Waals surface area contributed by atoms with E-state index in [4.69, 9.17) is 0 Å². The van der Waals surface area contributed by atoms with Gasteiger partial charge in [-0.1, -0.05) is 24.3 Å². The summed E-state index contributed by atoms with van der Waals surface area (Å²) in [5.74, 6) is 0.516. The SMILES string of the molecule is O=c1cc(N[C@H]2CCCc3ccccc32)[nH]c(=O)n1C1CCNCC1. The largest absolute Gasteiger partial charge is 0.365 e. The third-order valence-electron chi connectivity index (χ3n) is 5.34. The van der Waals surface area contributed by atoms with Crippen LogP contribution in [0, 0.1) is 0 Å². The zero-order chi connectivity index (χ0) is 17.2. The van der Waals surface area contributed by atoms with Gasteiger partial charge in [-0.25, -0.2) is 4.79 Å². The topological polar surface area (TPSA) is 78.9 Å². The van der Waals surface area contributed by atoms with Gasteiger partial charge in [0.05, 0.1) is 6.04 Å². The minimum Gasteiger partial charge on any atom is -0.365 e. The van der Waals surface area contributed by atoms with Gasteiger partial charge in [0, 0.05) is 12.1 Å². The van der Waals surface area contributed by atoms with Crippen molar-refractivity contribution in [2.24, 2.45) is 0 Å². The molecule has 1 saturated heterocycles. The maximum Gasteiger partial charge on any atom is 0.330 e. The number of aromatic amines is 1. The van der Waals surface area contributed by atoms with E-state index in [1.165, 1.54) is 21.8 Å². The molecule has 2 heterocycles. The van der Waals surface area contributed by atoms with Crippen LogP contribution in [0.2, 0.25) is 0 Å². The van der Waals surface area contributed by atoms with Crippen LogP contribution in [0.15, 0.2) is 39.9 Å². The predicted octanol–water partition coefficient (Wildman–Crippen LogP) is 1.95. The summed E-state index contributed by atoms with van der Waals surface area (Å²) < 4.78 is 1.38. The average molecular weight is 340 g/mol. The summed E-state index contributed by atoms with van der Waals surface area (Å²) in [5.41, 5.74) is 2.07. The van der Waals surface area contributed by atoms with Crippen LogP contribution in [-0.2, 0) is 6.42 Å². The number of hydrogen-bond donors (Lipinski definition) is 3. The molecule has 0 unspecified atom stereocenters. The van der Waals surface area contributed by atoms with Crippen LogP contribution in [-0.4, -0.2) is 22.6 Å². The number of anilines is 1. The minimum atomic E-state index is -0.314. The molecule has 132 valence electrons. The van der Waals surface area contributed by atoms with Crippen molar-refractivity contribution >= 4 is 5.82 Å². The molecular weight excluding hydrogens is 316 g/mol. The van der Waals surface area contributed by atoms with E-state index in [9.17, 15) is 9.59 Å². The van der Waals surface area contributed by atoms with E-state index < -0.39 is 0 Å². The molecule has 0 radical (unpaired) electrons. The highest BCUT2D eigenvalue weighted by atomic mass is 16.2. The van der Waals surface area contributed by atoms with E-state index in [2.05, 4.69) is 33.8 Å². The summed E-state index contributed by atoms with van der Waals surface area (Å²) >= 11 is 0. The molecule has 1 aromatic carbocycles. The van der Waals surface area contributed by atoms with E-state index >= 15 is 0 Å². The molecule has 1 fully saturated rings. The molecule has 3 N–H and O–H groups in total. The van der Waals surface area contributed by atoms with Crippen molar-refractivity contribution in [3.8, 4) is 0 Å². The maximum atomic E-state index is 12.5. The Hall–Kier alpha value is -2.34. The molecule has 2 aromatic rings. The molecular formula is C19H24N4O2. The lowest BCUT2D eigenvalue weighted by molar-refractivity contribution is 0.350. The van der Waals surface area contributed by atoms with Gasteiger partial charge >= 0.3 is 5.69 Å². The Morgan fingerprint density at radius 2 is 1.88 bits per heavy atom. The molecule has 25 heavy (non-hydrogen) atoms. The highest BCUT2D eigenvalue weighted by molar-refractivity contribution is 5.41. The third-order valence-corrected chi connectivity index (χ3v) is 5.34. The highest BCUT2D eigenvalue weighted by Crippen LogP contribution is 2.31. The standard InChI is InChI=1S/C19H24N4O2/c24-18-12-17(22-19(25)23(18)14-8-10-20-11-9-14)21-16-7-3-5-13-4-1-2-6-15(13)16/h1-2,4,6,12,14,16,20-21H,3,5,7-11H2,(H,22,25)/t16-/m0/s1. The fraction of sp³-hybridized carbons (Fsp3) is 0.474. The van der Waals surface area contributed by atoms with Gasteiger partial charge in [0.2, 0.25) is 0 Å². The first-order valence-electron chi connectivity index (χ1n) is 9.13. The van der Waals surface area contributed by atoms with Gasteiger partial charge in [-0.2, -0.15) is 0 Å². The van der Waals surface area contributed by atoms with Gasteiger partial charge in [-0.15, -0.1) is 0 Å². The summed E-state index contributed by atoms with van der Waals surface area (Å²) in [4.78, 5) is 27.9. The zero-order valence-corrected chi connectivity index (χ0v) is 14.3. The van der Waals surface area contributed by atoms with E-state index in [1.807, 2.05) is 6.07 Å². The fourth-order valence-electron chi connectivity index (χ4n) is 4.08. The summed E-state index contributed by atoms with van der Waals surface area (Å²) in [6.07, 6.45) is 4.81. The second-order valence-corrected chi connectivity index (χ2v) is 6.97. The molecule has 1 aliphatic carbocycles. The van der Waals surface area contributed by atoms with Crippen LogP contribution < -0.4 is 21.9 Å². The maximum absolute atomic E-state index is 12.5. The van der Waals surface area contributed by atoms with Gasteiger partial charge < -0.3 is 10.6 Å². The Morgan fingerprint density at radius 1 is 1.08 bits per heavy atom. The van der Waals surface area contributed by atoms with E-state index in [1.54, 1.807) is 0 Å². The summed E-state index contributed by atoms with van der Waals surface area (Å²) in [5, 5.41) is 6.63. The van der Waals surface area contributed by atoms with Crippen molar-refractivity contribution in [3.63, 3.8) is 0 Å². The Labute approximate surface area is 146 Å². The quantitative estimate of drug-likeness (QED) is 0.798. The van der Waals surface area contributed by atoms with Crippen molar-refractivity contribution in [2.75, 3.05) is 18.4 Å². The van der Waals surface area contributed by atoms with Crippen molar-refractivity contribution in [1.82, 2.24) is 14.9 Å². The lowest BCUT2D eigenvalue weighted by atomic mass is 9.88. The number of rotatable bonds is 3. The number of fused-ring (bicyclic) bond motifs is 1. The number of aromatic nitrogens is 2. The predicted molar refractivity (Wildman–Crippen MR) is 98.2 cm³/mol. The molecule has 6 nitrogen and oxygen atoms in total. The number of benzene rings is 1. The molecule has 1 atom stereocenters. The smallest absolute Gasteiger partial charge is 0.330 e. The number of piperidine rings is 1. The summed E-state index contributed by atoms with van der Waals surface area (Å²) in [7, 11) is 0. The molecule has 0 saturated carbocycles. The summed E-state index contributed by atoms with van der Waals surface area (Å²) in [6, 6.07) is 10.0. The van der Waals surface area contributed by atoms with Gasteiger partial charge in [-0.05, 0) is 56.3 Å². The third kappa shape index (κ3) is 3.26. The number of H-pyrrole nitrogens is 1. The van der Waals surface area contributed by atoms with Gasteiger partial charge in [0.1, 0.15) is 5.82 Å². The van der Waals surface area contributed by atoms with Crippen LogP contribution in [0.5, 0.6) is 0 Å². The van der Waals surface area contributed by atoms with Crippen molar-refractivity contribution in [2.45, 2.75) is 44.2 Å². The molecule has 2 aliphatic rings. The van der Waals surface area contributed by atoms with Crippen LogP contribution in [0.4, 0.5) is 5.82 Å². The summed E-state index contributed by atoms with van der Waals surface area (Å²) in [6.45, 7) is 1.69. The van der Waals surface area contributed by atoms with E-state index in [0.29, 0.717) is 5.82 Å². The normalized spacial score (nSPS) is 20.9. The van der Waals surface area contributed by atoms with Crippen molar-refractivity contribution in [3.05, 3.63) is 62.3 Å². The fourth-order valence-corrected chi connectivity index (χ4v) is 4.08. The second-order valence-electron chi connectivity index (χ2n) is 6.97. The minimum absolute atomic E-state index is 0.0121. The monoisotopic (exact) mass is 340 g/mol. The van der Waals surface area contributed by atoms with Crippen LogP contribution in [0.25, 0.3) is 0 Å². The molecule has 4 rings (SSSR count). The number of nitrogens with zero attached hydrogens (tertiary/aromatic N) is 1. The second kappa shape index (κ2) is 6.88. The Bertz CT molecular complexity index is 833. The molecule has 0 spiro atoms. The van der Waals surface area contributed by atoms with Gasteiger partial charge in [0.25, 0.3) is 5.56 Å². The van der Waals surface area contributed by atoms with Crippen LogP contribution in [0.3, 0.4) is 0 Å². The Morgan fingerprint density at radius 3 is 2.68 bits per heavy atom. The van der Waals surface area contributed by atoms with Gasteiger partial charge in [0.15, 0.2) is 0 Å². The Kier molecular flexibility index (Phi) is 4.44. The molecule has 1 aliphatic heterocycles. The molecule has 1 aromatic heterocycles. The number of aryl methyl sites for hydroxylation is 1. The highest BCUT2D eigenvalue weighted by Gasteiger charge is 2.22. The first kappa shape index (κ1) is 16.1. The van der Waals surface area contributed by atoms with Crippen LogP contribution >= 0.6 is 0 Å². The molecule has 0 amide bonds. The average Bonchev–Trinajstić information content (AvgIpc) is 2.62. The number of nitrogens with one attached hydrogen (secondary N) is 3. The lowest BCUT2D eigenvalue weighted by Crippen LogP contribution is -2.42. The molecule has 6 heteroatoms. The van der Waals surface area contributed by atoms with E-state index in [0.717, 1.165) is 45.2 Å². The van der Waals surface area contributed by atoms with Crippen LogP contribution in [0.1, 0.15) is 48.9 Å². The van der Waals surface area contributed by atoms with E-state index in [-0.39, 0.29) is 23.3 Å². The Balaban J connectivity index is 1.60. The van der Waals surface area contributed by atoms with Crippen molar-refractivity contribution in [1.29, 1.82) is 0 Å².